The molecule has 0 spiro atoms. The van der Waals surface area contributed by atoms with Crippen molar-refractivity contribution in [2.24, 2.45) is 0 Å². The normalized spacial score (nSPS) is 8.75. The minimum Gasteiger partial charge on any atom is -0.505 e. The van der Waals surface area contributed by atoms with E-state index in [4.69, 9.17) is 22.1 Å². The first-order valence-corrected chi connectivity index (χ1v) is 5.20. The van der Waals surface area contributed by atoms with Gasteiger partial charge in [-0.05, 0) is 28.1 Å². The molecule has 1 rings (SSSR count). The molecule has 16 heavy (non-hydrogen) atoms. The van der Waals surface area contributed by atoms with Gasteiger partial charge < -0.3 is 10.4 Å². The minimum absolute atomic E-state index is 0.0455. The Labute approximate surface area is 106 Å². The van der Waals surface area contributed by atoms with Crippen molar-refractivity contribution in [3.8, 4) is 17.9 Å². The molecule has 0 unspecified atom stereocenters. The molecular weight excluding hydrogens is 293 g/mol. The maximum Gasteiger partial charge on any atom is 0.153 e. The van der Waals surface area contributed by atoms with E-state index in [0.717, 1.165) is 0 Å². The quantitative estimate of drug-likeness (QED) is 0.649. The molecule has 0 amide bonds. The lowest BCUT2D eigenvalue weighted by Crippen LogP contribution is -1.91. The van der Waals surface area contributed by atoms with Gasteiger partial charge in [0.05, 0.1) is 10.2 Å². The maximum absolute atomic E-state index is 9.62. The molecule has 0 fully saturated rings. The number of phenolic OH excluding ortho intramolecular Hbond substituents is 1. The highest BCUT2D eigenvalue weighted by Crippen LogP contribution is 2.35. The van der Waals surface area contributed by atoms with Crippen molar-refractivity contribution in [1.82, 2.24) is 0 Å². The van der Waals surface area contributed by atoms with Crippen LogP contribution in [-0.2, 0) is 0 Å². The fraction of sp³-hybridized carbons (Fsp3) is 0. The van der Waals surface area contributed by atoms with Gasteiger partial charge in [0.1, 0.15) is 17.7 Å². The highest BCUT2D eigenvalue weighted by atomic mass is 79.9. The molecule has 4 nitrogen and oxygen atoms in total. The molecule has 0 radical (unpaired) electrons. The number of halogens is 2. The van der Waals surface area contributed by atoms with E-state index in [1.54, 1.807) is 12.1 Å². The van der Waals surface area contributed by atoms with Crippen LogP contribution < -0.4 is 5.32 Å². The summed E-state index contributed by atoms with van der Waals surface area (Å²) < 4.78 is 0.423. The number of hydrogen-bond acceptors (Lipinski definition) is 4. The third-order valence-electron chi connectivity index (χ3n) is 1.64. The first-order valence-electron chi connectivity index (χ1n) is 4.03. The number of hydrogen-bond donors (Lipinski definition) is 2. The van der Waals surface area contributed by atoms with E-state index in [9.17, 15) is 5.11 Å². The number of nitrogens with zero attached hydrogens (tertiary/aromatic N) is 2. The lowest BCUT2D eigenvalue weighted by molar-refractivity contribution is 0.474. The SMILES string of the molecule is N#CC(C#N)=CNc1cc(Cl)cc(Br)c1O. The second-order valence-corrected chi connectivity index (χ2v) is 4.00. The summed E-state index contributed by atoms with van der Waals surface area (Å²) in [7, 11) is 0. The van der Waals surface area contributed by atoms with Gasteiger partial charge in [-0.3, -0.25) is 0 Å². The largest absolute Gasteiger partial charge is 0.505 e. The predicted octanol–water partition coefficient (Wildman–Crippen LogP) is 3.15. The fourth-order valence-electron chi connectivity index (χ4n) is 0.915. The molecule has 0 aromatic heterocycles. The third kappa shape index (κ3) is 2.90. The number of nitrogens with one attached hydrogen (secondary N) is 1. The summed E-state index contributed by atoms with van der Waals surface area (Å²) in [5, 5.41) is 29.7. The average molecular weight is 299 g/mol. The van der Waals surface area contributed by atoms with Crippen LogP contribution in [0.25, 0.3) is 0 Å². The highest BCUT2D eigenvalue weighted by Gasteiger charge is 2.06. The highest BCUT2D eigenvalue weighted by molar-refractivity contribution is 9.10. The van der Waals surface area contributed by atoms with Crippen LogP contribution in [0.1, 0.15) is 0 Å². The molecular formula is C10H5BrClN3O. The molecule has 2 N–H and O–H groups in total. The molecule has 0 atom stereocenters. The molecule has 0 saturated carbocycles. The zero-order valence-corrected chi connectivity index (χ0v) is 10.2. The van der Waals surface area contributed by atoms with Crippen molar-refractivity contribution in [3.05, 3.63) is 33.4 Å². The van der Waals surface area contributed by atoms with Crippen LogP contribution in [0, 0.1) is 22.7 Å². The Morgan fingerprint density at radius 1 is 1.44 bits per heavy atom. The number of phenols is 1. The van der Waals surface area contributed by atoms with Gasteiger partial charge in [-0.15, -0.1) is 0 Å². The Hall–Kier alpha value is -1.69. The Kier molecular flexibility index (Phi) is 4.19. The summed E-state index contributed by atoms with van der Waals surface area (Å²) >= 11 is 8.89. The van der Waals surface area contributed by atoms with Gasteiger partial charge in [-0.1, -0.05) is 11.6 Å². The van der Waals surface area contributed by atoms with Crippen molar-refractivity contribution in [2.75, 3.05) is 5.32 Å². The molecule has 80 valence electrons. The van der Waals surface area contributed by atoms with E-state index in [0.29, 0.717) is 15.2 Å². The van der Waals surface area contributed by atoms with Crippen molar-refractivity contribution < 1.29 is 5.11 Å². The number of allylic oxidation sites excluding steroid dienone is 1. The number of rotatable bonds is 2. The van der Waals surface area contributed by atoms with Gasteiger partial charge in [0.25, 0.3) is 0 Å². The van der Waals surface area contributed by atoms with Crippen LogP contribution in [0.3, 0.4) is 0 Å². The third-order valence-corrected chi connectivity index (χ3v) is 2.46. The zero-order valence-electron chi connectivity index (χ0n) is 7.83. The van der Waals surface area contributed by atoms with Crippen LogP contribution in [0.2, 0.25) is 5.02 Å². The Morgan fingerprint density at radius 3 is 2.62 bits per heavy atom. The number of nitriles is 2. The molecule has 1 aromatic carbocycles. The van der Waals surface area contributed by atoms with Crippen molar-refractivity contribution in [1.29, 1.82) is 10.5 Å². The minimum atomic E-state index is -0.101. The van der Waals surface area contributed by atoms with Crippen LogP contribution in [-0.4, -0.2) is 5.11 Å². The summed E-state index contributed by atoms with van der Waals surface area (Å²) in [6.45, 7) is 0. The molecule has 0 aliphatic carbocycles. The van der Waals surface area contributed by atoms with Crippen LogP contribution in [0.5, 0.6) is 5.75 Å². The van der Waals surface area contributed by atoms with Gasteiger partial charge in [0.2, 0.25) is 0 Å². The summed E-state index contributed by atoms with van der Waals surface area (Å²) in [5.74, 6) is -0.0455. The van der Waals surface area contributed by atoms with E-state index in [1.165, 1.54) is 18.3 Å². The van der Waals surface area contributed by atoms with E-state index in [2.05, 4.69) is 21.2 Å². The molecule has 0 bridgehead atoms. The molecule has 0 heterocycles. The van der Waals surface area contributed by atoms with Crippen molar-refractivity contribution in [2.45, 2.75) is 0 Å². The first kappa shape index (κ1) is 12.4. The fourth-order valence-corrected chi connectivity index (χ4v) is 1.73. The predicted molar refractivity (Wildman–Crippen MR) is 63.7 cm³/mol. The number of anilines is 1. The molecule has 6 heteroatoms. The average Bonchev–Trinajstić information content (AvgIpc) is 2.26. The van der Waals surface area contributed by atoms with Gasteiger partial charge in [-0.25, -0.2) is 0 Å². The van der Waals surface area contributed by atoms with E-state index in [-0.39, 0.29) is 11.3 Å². The van der Waals surface area contributed by atoms with Gasteiger partial charge in [0.15, 0.2) is 5.75 Å². The molecule has 1 aromatic rings. The van der Waals surface area contributed by atoms with Crippen LogP contribution in [0.4, 0.5) is 5.69 Å². The van der Waals surface area contributed by atoms with E-state index in [1.807, 2.05) is 0 Å². The second kappa shape index (κ2) is 5.41. The Balaban J connectivity index is 3.05. The van der Waals surface area contributed by atoms with Crippen LogP contribution in [0.15, 0.2) is 28.4 Å². The summed E-state index contributed by atoms with van der Waals surface area (Å²) in [6.07, 6.45) is 1.19. The van der Waals surface area contributed by atoms with E-state index < -0.39 is 0 Å². The second-order valence-electron chi connectivity index (χ2n) is 2.71. The zero-order chi connectivity index (χ0) is 12.1. The standard InChI is InChI=1S/C10H5BrClN3O/c11-8-1-7(12)2-9(10(8)16)15-5-6(3-13)4-14/h1-2,5,15-16H. The molecule has 0 saturated heterocycles. The lowest BCUT2D eigenvalue weighted by atomic mass is 10.3. The van der Waals surface area contributed by atoms with Gasteiger partial charge >= 0.3 is 0 Å². The summed E-state index contributed by atoms with van der Waals surface area (Å²) in [5.41, 5.74) is 0.206. The van der Waals surface area contributed by atoms with Crippen molar-refractivity contribution >= 4 is 33.2 Å². The summed E-state index contributed by atoms with van der Waals surface area (Å²) in [6, 6.07) is 6.37. The molecule has 0 aliphatic heterocycles. The first-order chi connectivity index (χ1) is 7.58. The van der Waals surface area contributed by atoms with Crippen LogP contribution >= 0.6 is 27.5 Å². The molecule has 0 aliphatic rings. The Bertz CT molecular complexity index is 512. The summed E-state index contributed by atoms with van der Waals surface area (Å²) in [4.78, 5) is 0. The monoisotopic (exact) mass is 297 g/mol. The number of aromatic hydroxyl groups is 1. The topological polar surface area (TPSA) is 79.8 Å². The lowest BCUT2D eigenvalue weighted by Gasteiger charge is -2.06. The van der Waals surface area contributed by atoms with Gasteiger partial charge in [-0.2, -0.15) is 10.5 Å². The maximum atomic E-state index is 9.62. The smallest absolute Gasteiger partial charge is 0.153 e. The number of benzene rings is 1. The van der Waals surface area contributed by atoms with E-state index >= 15 is 0 Å². The van der Waals surface area contributed by atoms with Crippen molar-refractivity contribution in [3.63, 3.8) is 0 Å². The van der Waals surface area contributed by atoms with Gasteiger partial charge in [0, 0.05) is 11.2 Å². The Morgan fingerprint density at radius 2 is 2.06 bits per heavy atom.